The predicted molar refractivity (Wildman–Crippen MR) is 90.4 cm³/mol. The molecule has 0 radical (unpaired) electrons. The molecule has 0 saturated carbocycles. The molecular formula is C15H23ClN2O4S. The van der Waals surface area contributed by atoms with E-state index in [2.05, 4.69) is 9.46 Å². The number of rotatable bonds is 9. The second-order valence-corrected chi connectivity index (χ2v) is 7.43. The number of hydrogen-bond donors (Lipinski definition) is 1. The summed E-state index contributed by atoms with van der Waals surface area (Å²) >= 11 is 5.85. The van der Waals surface area contributed by atoms with Crippen LogP contribution >= 0.6 is 11.6 Å². The first kappa shape index (κ1) is 19.9. The summed E-state index contributed by atoms with van der Waals surface area (Å²) in [5.41, 5.74) is 0.646. The third-order valence-electron chi connectivity index (χ3n) is 3.40. The largest absolute Gasteiger partial charge is 0.469 e. The first-order chi connectivity index (χ1) is 10.8. The molecule has 0 aliphatic rings. The molecule has 0 bridgehead atoms. The summed E-state index contributed by atoms with van der Waals surface area (Å²) in [6.45, 7) is 2.40. The Morgan fingerprint density at radius 1 is 1.35 bits per heavy atom. The summed E-state index contributed by atoms with van der Waals surface area (Å²) in [6.07, 6.45) is 1.56. The van der Waals surface area contributed by atoms with Gasteiger partial charge in [0.25, 0.3) is 10.2 Å². The van der Waals surface area contributed by atoms with Crippen molar-refractivity contribution in [2.75, 3.05) is 20.7 Å². The van der Waals surface area contributed by atoms with Gasteiger partial charge in [0.1, 0.15) is 0 Å². The number of halogens is 1. The molecule has 0 spiro atoms. The molecule has 1 atom stereocenters. The van der Waals surface area contributed by atoms with Gasteiger partial charge in [-0.2, -0.15) is 17.4 Å². The Bertz CT molecular complexity index is 604. The number of unbranched alkanes of at least 4 members (excludes halogenated alkanes) is 1. The normalized spacial score (nSPS) is 13.1. The average Bonchev–Trinajstić information content (AvgIpc) is 2.52. The summed E-state index contributed by atoms with van der Waals surface area (Å²) in [5.74, 6) is -0.496. The Kier molecular flexibility index (Phi) is 7.98. The molecule has 0 aliphatic heterocycles. The summed E-state index contributed by atoms with van der Waals surface area (Å²) in [6, 6.07) is 5.95. The number of carbonyl (C=O) groups is 1. The second kappa shape index (κ2) is 9.22. The van der Waals surface area contributed by atoms with Gasteiger partial charge in [-0.25, -0.2) is 0 Å². The quantitative estimate of drug-likeness (QED) is 0.685. The van der Waals surface area contributed by atoms with E-state index in [1.54, 1.807) is 24.3 Å². The third kappa shape index (κ3) is 6.47. The van der Waals surface area contributed by atoms with Crippen LogP contribution in [-0.4, -0.2) is 39.4 Å². The highest BCUT2D eigenvalue weighted by molar-refractivity contribution is 7.87. The summed E-state index contributed by atoms with van der Waals surface area (Å²) in [5, 5.41) is 0.536. The molecule has 1 unspecified atom stereocenters. The molecule has 0 amide bonds. The van der Waals surface area contributed by atoms with E-state index < -0.39 is 22.2 Å². The van der Waals surface area contributed by atoms with Gasteiger partial charge in [0.2, 0.25) is 0 Å². The minimum Gasteiger partial charge on any atom is -0.469 e. The maximum absolute atomic E-state index is 12.4. The van der Waals surface area contributed by atoms with E-state index in [1.165, 1.54) is 18.5 Å². The Morgan fingerprint density at radius 2 is 1.96 bits per heavy atom. The number of nitrogens with one attached hydrogen (secondary N) is 1. The van der Waals surface area contributed by atoms with Crippen LogP contribution in [0.2, 0.25) is 5.02 Å². The number of hydrogen-bond acceptors (Lipinski definition) is 4. The summed E-state index contributed by atoms with van der Waals surface area (Å²) in [4.78, 5) is 11.6. The highest BCUT2D eigenvalue weighted by Crippen LogP contribution is 2.21. The molecule has 6 nitrogen and oxygen atoms in total. The van der Waals surface area contributed by atoms with E-state index in [0.29, 0.717) is 17.1 Å². The number of ether oxygens (including phenoxy) is 1. The van der Waals surface area contributed by atoms with E-state index >= 15 is 0 Å². The SMILES string of the molecule is CCCCN(C)S(=O)(=O)NC(CC(=O)OC)c1ccc(Cl)cc1. The average molecular weight is 363 g/mol. The van der Waals surface area contributed by atoms with E-state index in [0.717, 1.165) is 12.8 Å². The van der Waals surface area contributed by atoms with Crippen molar-refractivity contribution in [3.8, 4) is 0 Å². The lowest BCUT2D eigenvalue weighted by molar-refractivity contribution is -0.141. The molecular weight excluding hydrogens is 340 g/mol. The second-order valence-electron chi connectivity index (χ2n) is 5.18. The van der Waals surface area contributed by atoms with Gasteiger partial charge in [0, 0.05) is 18.6 Å². The van der Waals surface area contributed by atoms with Crippen LogP contribution in [0, 0.1) is 0 Å². The number of methoxy groups -OCH3 is 1. The molecule has 1 rings (SSSR count). The zero-order chi connectivity index (χ0) is 17.5. The fraction of sp³-hybridized carbons (Fsp3) is 0.533. The molecule has 1 aromatic carbocycles. The first-order valence-corrected chi connectivity index (χ1v) is 9.17. The minimum absolute atomic E-state index is 0.0982. The van der Waals surface area contributed by atoms with Gasteiger partial charge in [0.05, 0.1) is 19.6 Å². The van der Waals surface area contributed by atoms with Gasteiger partial charge in [0.15, 0.2) is 0 Å². The van der Waals surface area contributed by atoms with Crippen LogP contribution < -0.4 is 4.72 Å². The monoisotopic (exact) mass is 362 g/mol. The van der Waals surface area contributed by atoms with Crippen molar-refractivity contribution in [1.82, 2.24) is 9.03 Å². The number of carbonyl (C=O) groups excluding carboxylic acids is 1. The van der Waals surface area contributed by atoms with Crippen molar-refractivity contribution in [2.24, 2.45) is 0 Å². The van der Waals surface area contributed by atoms with Crippen LogP contribution in [0.15, 0.2) is 24.3 Å². The molecule has 8 heteroatoms. The molecule has 0 fully saturated rings. The van der Waals surface area contributed by atoms with E-state index in [1.807, 2.05) is 6.92 Å². The Balaban J connectivity index is 2.96. The van der Waals surface area contributed by atoms with E-state index in [9.17, 15) is 13.2 Å². The lowest BCUT2D eigenvalue weighted by atomic mass is 10.1. The van der Waals surface area contributed by atoms with Gasteiger partial charge in [-0.1, -0.05) is 37.1 Å². The summed E-state index contributed by atoms with van der Waals surface area (Å²) < 4.78 is 33.2. The van der Waals surface area contributed by atoms with E-state index in [-0.39, 0.29) is 6.42 Å². The zero-order valence-electron chi connectivity index (χ0n) is 13.6. The zero-order valence-corrected chi connectivity index (χ0v) is 15.2. The van der Waals surface area contributed by atoms with Crippen molar-refractivity contribution in [2.45, 2.75) is 32.2 Å². The highest BCUT2D eigenvalue weighted by atomic mass is 35.5. The van der Waals surface area contributed by atoms with Gasteiger partial charge < -0.3 is 4.74 Å². The van der Waals surface area contributed by atoms with Crippen LogP contribution in [0.25, 0.3) is 0 Å². The van der Waals surface area contributed by atoms with Gasteiger partial charge >= 0.3 is 5.97 Å². The van der Waals surface area contributed by atoms with Crippen molar-refractivity contribution < 1.29 is 17.9 Å². The van der Waals surface area contributed by atoms with Crippen molar-refractivity contribution >= 4 is 27.8 Å². The highest BCUT2D eigenvalue weighted by Gasteiger charge is 2.25. The molecule has 130 valence electrons. The van der Waals surface area contributed by atoms with Crippen LogP contribution in [0.1, 0.15) is 37.8 Å². The molecule has 1 aromatic rings. The van der Waals surface area contributed by atoms with Crippen LogP contribution in [0.4, 0.5) is 0 Å². The van der Waals surface area contributed by atoms with Crippen molar-refractivity contribution in [1.29, 1.82) is 0 Å². The predicted octanol–water partition coefficient (Wildman–Crippen LogP) is 2.51. The number of nitrogens with zero attached hydrogens (tertiary/aromatic N) is 1. The first-order valence-electron chi connectivity index (χ1n) is 7.36. The topological polar surface area (TPSA) is 75.7 Å². The minimum atomic E-state index is -3.70. The van der Waals surface area contributed by atoms with E-state index in [4.69, 9.17) is 11.6 Å². The Labute approximate surface area is 143 Å². The Hall–Kier alpha value is -1.15. The molecule has 0 heterocycles. The van der Waals surface area contributed by atoms with Gasteiger partial charge in [-0.05, 0) is 24.1 Å². The molecule has 1 N–H and O–H groups in total. The molecule has 23 heavy (non-hydrogen) atoms. The third-order valence-corrected chi connectivity index (χ3v) is 5.24. The molecule has 0 aromatic heterocycles. The van der Waals surface area contributed by atoms with Crippen LogP contribution in [-0.2, 0) is 19.7 Å². The smallest absolute Gasteiger partial charge is 0.307 e. The summed E-state index contributed by atoms with van der Waals surface area (Å²) in [7, 11) is -0.925. The molecule has 0 aliphatic carbocycles. The molecule has 0 saturated heterocycles. The van der Waals surface area contributed by atoms with Crippen LogP contribution in [0.5, 0.6) is 0 Å². The van der Waals surface area contributed by atoms with Gasteiger partial charge in [-0.3, -0.25) is 4.79 Å². The van der Waals surface area contributed by atoms with Crippen LogP contribution in [0.3, 0.4) is 0 Å². The van der Waals surface area contributed by atoms with Crippen molar-refractivity contribution in [3.63, 3.8) is 0 Å². The lowest BCUT2D eigenvalue weighted by Crippen LogP contribution is -2.41. The van der Waals surface area contributed by atoms with Crippen molar-refractivity contribution in [3.05, 3.63) is 34.9 Å². The Morgan fingerprint density at radius 3 is 2.48 bits per heavy atom. The number of esters is 1. The lowest BCUT2D eigenvalue weighted by Gasteiger charge is -2.23. The maximum atomic E-state index is 12.4. The standard InChI is InChI=1S/C15H23ClN2O4S/c1-4-5-10-18(2)23(20,21)17-14(11-15(19)22-3)12-6-8-13(16)9-7-12/h6-9,14,17H,4-5,10-11H2,1-3H3. The fourth-order valence-electron chi connectivity index (χ4n) is 1.94. The number of benzene rings is 1. The van der Waals surface area contributed by atoms with Gasteiger partial charge in [-0.15, -0.1) is 0 Å². The maximum Gasteiger partial charge on any atom is 0.307 e. The fourth-order valence-corrected chi connectivity index (χ4v) is 3.20.